The number of amides is 2. The fraction of sp³-hybridized carbons (Fsp3) is 0.190. The quantitative estimate of drug-likeness (QED) is 0.526. The number of aromatic amines is 1. The van der Waals surface area contributed by atoms with E-state index in [-0.39, 0.29) is 11.8 Å². The molecule has 144 valence electrons. The van der Waals surface area contributed by atoms with Gasteiger partial charge in [-0.25, -0.2) is 0 Å². The Morgan fingerprint density at radius 2 is 1.79 bits per heavy atom. The molecule has 0 aliphatic rings. The summed E-state index contributed by atoms with van der Waals surface area (Å²) in [7, 11) is 0. The standard InChI is InChI=1S/C21H22N4O2S/c1-2-6-19(26)24-16-11-9-15(10-12-16)13-22-20(27)18-14-23-21(28)25(18)17-7-4-3-5-8-17/h3-5,7-12,14H,2,6,13H2,1H3,(H,22,27)(H,23,28)(H,24,26). The third kappa shape index (κ3) is 4.75. The number of benzene rings is 2. The van der Waals surface area contributed by atoms with Crippen LogP contribution in [0.15, 0.2) is 60.8 Å². The van der Waals surface area contributed by atoms with E-state index in [1.807, 2.05) is 61.5 Å². The molecule has 0 unspecified atom stereocenters. The highest BCUT2D eigenvalue weighted by Gasteiger charge is 2.14. The highest BCUT2D eigenvalue weighted by Crippen LogP contribution is 2.13. The normalized spacial score (nSPS) is 10.5. The van der Waals surface area contributed by atoms with Gasteiger partial charge in [-0.2, -0.15) is 0 Å². The molecule has 0 saturated heterocycles. The molecule has 0 aliphatic carbocycles. The molecule has 2 aromatic carbocycles. The second-order valence-corrected chi connectivity index (χ2v) is 6.71. The van der Waals surface area contributed by atoms with Gasteiger partial charge in [0.15, 0.2) is 4.77 Å². The molecule has 3 N–H and O–H groups in total. The smallest absolute Gasteiger partial charge is 0.270 e. The number of hydrogen-bond acceptors (Lipinski definition) is 3. The zero-order valence-corrected chi connectivity index (χ0v) is 16.4. The third-order valence-corrected chi connectivity index (χ3v) is 4.49. The molecular weight excluding hydrogens is 372 g/mol. The Morgan fingerprint density at radius 3 is 2.46 bits per heavy atom. The van der Waals surface area contributed by atoms with Crippen LogP contribution < -0.4 is 10.6 Å². The molecule has 0 bridgehead atoms. The molecule has 3 rings (SSSR count). The van der Waals surface area contributed by atoms with E-state index < -0.39 is 0 Å². The number of rotatable bonds is 7. The van der Waals surface area contributed by atoms with Gasteiger partial charge < -0.3 is 15.6 Å². The average Bonchev–Trinajstić information content (AvgIpc) is 3.09. The average molecular weight is 395 g/mol. The molecule has 0 fully saturated rings. The lowest BCUT2D eigenvalue weighted by Gasteiger charge is -2.10. The first-order chi connectivity index (χ1) is 13.6. The van der Waals surface area contributed by atoms with Crippen molar-refractivity contribution in [2.75, 3.05) is 5.32 Å². The summed E-state index contributed by atoms with van der Waals surface area (Å²) in [5, 5.41) is 5.75. The van der Waals surface area contributed by atoms with Crippen LogP contribution in [0, 0.1) is 4.77 Å². The Labute approximate surface area is 168 Å². The maximum atomic E-state index is 12.7. The summed E-state index contributed by atoms with van der Waals surface area (Å²) in [6.45, 7) is 2.33. The Hall–Kier alpha value is -3.19. The molecule has 0 saturated carbocycles. The van der Waals surface area contributed by atoms with E-state index in [1.54, 1.807) is 10.8 Å². The summed E-state index contributed by atoms with van der Waals surface area (Å²) >= 11 is 5.31. The lowest BCUT2D eigenvalue weighted by molar-refractivity contribution is -0.116. The predicted molar refractivity (Wildman–Crippen MR) is 112 cm³/mol. The molecular formula is C21H22N4O2S. The Kier molecular flexibility index (Phi) is 6.39. The Bertz CT molecular complexity index is 1010. The van der Waals surface area contributed by atoms with Crippen molar-refractivity contribution in [1.29, 1.82) is 0 Å². The molecule has 3 aromatic rings. The van der Waals surface area contributed by atoms with Gasteiger partial charge in [-0.1, -0.05) is 37.3 Å². The number of carbonyl (C=O) groups is 2. The Morgan fingerprint density at radius 1 is 1.07 bits per heavy atom. The maximum Gasteiger partial charge on any atom is 0.270 e. The van der Waals surface area contributed by atoms with Gasteiger partial charge in [-0.05, 0) is 48.5 Å². The van der Waals surface area contributed by atoms with Crippen molar-refractivity contribution < 1.29 is 9.59 Å². The summed E-state index contributed by atoms with van der Waals surface area (Å²) in [5.74, 6) is -0.224. The van der Waals surface area contributed by atoms with E-state index >= 15 is 0 Å². The van der Waals surface area contributed by atoms with Crippen molar-refractivity contribution in [3.63, 3.8) is 0 Å². The fourth-order valence-electron chi connectivity index (χ4n) is 2.80. The first-order valence-electron chi connectivity index (χ1n) is 9.11. The van der Waals surface area contributed by atoms with Gasteiger partial charge in [0, 0.05) is 30.5 Å². The van der Waals surface area contributed by atoms with Gasteiger partial charge in [0.2, 0.25) is 5.91 Å². The van der Waals surface area contributed by atoms with Crippen LogP contribution in [0.3, 0.4) is 0 Å². The second kappa shape index (κ2) is 9.14. The summed E-state index contributed by atoms with van der Waals surface area (Å²) in [4.78, 5) is 27.2. The minimum atomic E-state index is -0.225. The van der Waals surface area contributed by atoms with Gasteiger partial charge in [0.25, 0.3) is 5.91 Å². The number of aromatic nitrogens is 2. The molecule has 0 aliphatic heterocycles. The van der Waals surface area contributed by atoms with Crippen molar-refractivity contribution in [2.24, 2.45) is 0 Å². The molecule has 0 spiro atoms. The highest BCUT2D eigenvalue weighted by atomic mass is 32.1. The number of H-pyrrole nitrogens is 1. The van der Waals surface area contributed by atoms with Crippen LogP contribution in [-0.4, -0.2) is 21.4 Å². The zero-order chi connectivity index (χ0) is 19.9. The van der Waals surface area contributed by atoms with E-state index in [1.165, 1.54) is 0 Å². The SMILES string of the molecule is CCCC(=O)Nc1ccc(CNC(=O)c2c[nH]c(=S)n2-c2ccccc2)cc1. The van der Waals surface area contributed by atoms with Crippen LogP contribution in [0.4, 0.5) is 5.69 Å². The summed E-state index contributed by atoms with van der Waals surface area (Å²) in [6.07, 6.45) is 2.92. The molecule has 0 atom stereocenters. The number of carbonyl (C=O) groups excluding carboxylic acids is 2. The number of nitrogens with zero attached hydrogens (tertiary/aromatic N) is 1. The summed E-state index contributed by atoms with van der Waals surface area (Å²) < 4.78 is 2.17. The van der Waals surface area contributed by atoms with Crippen LogP contribution in [0.25, 0.3) is 5.69 Å². The highest BCUT2D eigenvalue weighted by molar-refractivity contribution is 7.71. The van der Waals surface area contributed by atoms with Crippen LogP contribution >= 0.6 is 12.2 Å². The van der Waals surface area contributed by atoms with Gasteiger partial charge in [-0.15, -0.1) is 0 Å². The number of para-hydroxylation sites is 1. The first-order valence-corrected chi connectivity index (χ1v) is 9.52. The number of anilines is 1. The molecule has 1 heterocycles. The number of hydrogen-bond donors (Lipinski definition) is 3. The van der Waals surface area contributed by atoms with Crippen molar-refractivity contribution in [3.05, 3.63) is 76.8 Å². The predicted octanol–water partition coefficient (Wildman–Crippen LogP) is 4.20. The van der Waals surface area contributed by atoms with Crippen LogP contribution in [0.5, 0.6) is 0 Å². The van der Waals surface area contributed by atoms with Gasteiger partial charge in [0.1, 0.15) is 5.69 Å². The molecule has 0 radical (unpaired) electrons. The number of nitrogens with one attached hydrogen (secondary N) is 3. The van der Waals surface area contributed by atoms with Gasteiger partial charge >= 0.3 is 0 Å². The molecule has 28 heavy (non-hydrogen) atoms. The second-order valence-electron chi connectivity index (χ2n) is 6.33. The van der Waals surface area contributed by atoms with E-state index in [9.17, 15) is 9.59 Å². The summed E-state index contributed by atoms with van der Waals surface area (Å²) in [6, 6.07) is 16.9. The zero-order valence-electron chi connectivity index (χ0n) is 15.6. The largest absolute Gasteiger partial charge is 0.347 e. The topological polar surface area (TPSA) is 78.9 Å². The third-order valence-electron chi connectivity index (χ3n) is 4.19. The lowest BCUT2D eigenvalue weighted by atomic mass is 10.2. The molecule has 2 amide bonds. The van der Waals surface area contributed by atoms with Crippen molar-refractivity contribution in [2.45, 2.75) is 26.3 Å². The molecule has 6 nitrogen and oxygen atoms in total. The molecule has 7 heteroatoms. The fourth-order valence-corrected chi connectivity index (χ4v) is 3.06. The monoisotopic (exact) mass is 394 g/mol. The first kappa shape index (κ1) is 19.6. The minimum Gasteiger partial charge on any atom is -0.347 e. The van der Waals surface area contributed by atoms with Crippen molar-refractivity contribution in [1.82, 2.24) is 14.9 Å². The number of imidazole rings is 1. The van der Waals surface area contributed by atoms with E-state index in [0.29, 0.717) is 23.4 Å². The maximum absolute atomic E-state index is 12.7. The van der Waals surface area contributed by atoms with Gasteiger partial charge in [0.05, 0.1) is 0 Å². The van der Waals surface area contributed by atoms with E-state index in [2.05, 4.69) is 15.6 Å². The Balaban J connectivity index is 1.65. The van der Waals surface area contributed by atoms with Crippen LogP contribution in [0.1, 0.15) is 35.8 Å². The van der Waals surface area contributed by atoms with Crippen molar-refractivity contribution in [3.8, 4) is 5.69 Å². The van der Waals surface area contributed by atoms with E-state index in [0.717, 1.165) is 23.4 Å². The lowest BCUT2D eigenvalue weighted by Crippen LogP contribution is -2.25. The van der Waals surface area contributed by atoms with Crippen LogP contribution in [0.2, 0.25) is 0 Å². The van der Waals surface area contributed by atoms with Crippen LogP contribution in [-0.2, 0) is 11.3 Å². The minimum absolute atomic E-state index is 0.00111. The van der Waals surface area contributed by atoms with Gasteiger partial charge in [-0.3, -0.25) is 14.2 Å². The van der Waals surface area contributed by atoms with Crippen molar-refractivity contribution >= 4 is 29.7 Å². The summed E-state index contributed by atoms with van der Waals surface area (Å²) in [5.41, 5.74) is 2.95. The molecule has 1 aromatic heterocycles. The van der Waals surface area contributed by atoms with E-state index in [4.69, 9.17) is 12.2 Å².